The van der Waals surface area contributed by atoms with Crippen LogP contribution in [-0.2, 0) is 4.79 Å². The predicted molar refractivity (Wildman–Crippen MR) is 52.2 cm³/mol. The monoisotopic (exact) mass is 193 g/mol. The summed E-state index contributed by atoms with van der Waals surface area (Å²) in [6.07, 6.45) is 3.62. The van der Waals surface area contributed by atoms with Crippen molar-refractivity contribution >= 4 is 5.91 Å². The fourth-order valence-corrected chi connectivity index (χ4v) is 2.58. The van der Waals surface area contributed by atoms with Gasteiger partial charge >= 0.3 is 0 Å². The van der Waals surface area contributed by atoms with Crippen molar-refractivity contribution in [3.8, 4) is 0 Å². The lowest BCUT2D eigenvalue weighted by molar-refractivity contribution is -0.131. The van der Waals surface area contributed by atoms with E-state index in [9.17, 15) is 4.79 Å². The van der Waals surface area contributed by atoms with Gasteiger partial charge in [-0.15, -0.1) is 0 Å². The Kier molecular flexibility index (Phi) is 1.69. The van der Waals surface area contributed by atoms with Gasteiger partial charge in [0.25, 0.3) is 0 Å². The van der Waals surface area contributed by atoms with E-state index < -0.39 is 0 Å². The molecular weight excluding hydrogens is 178 g/mol. The van der Waals surface area contributed by atoms with Crippen LogP contribution in [0.5, 0.6) is 0 Å². The third-order valence-corrected chi connectivity index (χ3v) is 3.27. The Morgan fingerprint density at radius 2 is 2.14 bits per heavy atom. The first-order chi connectivity index (χ1) is 6.86. The molecule has 3 heterocycles. The van der Waals surface area contributed by atoms with Gasteiger partial charge in [0.15, 0.2) is 0 Å². The van der Waals surface area contributed by atoms with Crippen molar-refractivity contribution in [3.63, 3.8) is 0 Å². The van der Waals surface area contributed by atoms with Gasteiger partial charge in [-0.3, -0.25) is 9.69 Å². The molecule has 0 aromatic rings. The molecule has 0 radical (unpaired) electrons. The number of hydrogen-bond acceptors (Lipinski definition) is 3. The van der Waals surface area contributed by atoms with Crippen LogP contribution in [0.25, 0.3) is 0 Å². The average molecular weight is 193 g/mol. The molecule has 1 N–H and O–H groups in total. The summed E-state index contributed by atoms with van der Waals surface area (Å²) >= 11 is 0. The van der Waals surface area contributed by atoms with E-state index in [1.807, 2.05) is 4.90 Å². The highest BCUT2D eigenvalue weighted by molar-refractivity contribution is 5.82. The topological polar surface area (TPSA) is 35.6 Å². The van der Waals surface area contributed by atoms with Crippen LogP contribution in [-0.4, -0.2) is 41.9 Å². The van der Waals surface area contributed by atoms with E-state index in [-0.39, 0.29) is 5.91 Å². The van der Waals surface area contributed by atoms with Crippen molar-refractivity contribution in [3.05, 3.63) is 11.5 Å². The maximum atomic E-state index is 11.7. The Bertz CT molecular complexity index is 310. The summed E-state index contributed by atoms with van der Waals surface area (Å²) in [5.74, 6) is 1.36. The van der Waals surface area contributed by atoms with Gasteiger partial charge in [-0.1, -0.05) is 0 Å². The number of carbonyl (C=O) groups is 1. The van der Waals surface area contributed by atoms with E-state index in [4.69, 9.17) is 0 Å². The SMILES string of the molecule is O=C1CN2CCCCC2=C2NCCN12. The van der Waals surface area contributed by atoms with Crippen LogP contribution in [0.2, 0.25) is 0 Å². The molecule has 4 heteroatoms. The Hall–Kier alpha value is -1.19. The number of allylic oxidation sites excluding steroid dienone is 1. The third kappa shape index (κ3) is 1.03. The summed E-state index contributed by atoms with van der Waals surface area (Å²) in [7, 11) is 0. The molecule has 1 amide bonds. The van der Waals surface area contributed by atoms with Crippen molar-refractivity contribution in [1.29, 1.82) is 0 Å². The van der Waals surface area contributed by atoms with Gasteiger partial charge in [-0.2, -0.15) is 0 Å². The maximum absolute atomic E-state index is 11.7. The zero-order chi connectivity index (χ0) is 9.54. The number of amides is 1. The van der Waals surface area contributed by atoms with Crippen LogP contribution < -0.4 is 5.32 Å². The second kappa shape index (κ2) is 2.90. The minimum absolute atomic E-state index is 0.260. The van der Waals surface area contributed by atoms with Crippen LogP contribution in [0.1, 0.15) is 19.3 Å². The molecule has 0 aliphatic carbocycles. The first-order valence-electron chi connectivity index (χ1n) is 5.38. The zero-order valence-electron chi connectivity index (χ0n) is 8.25. The Morgan fingerprint density at radius 1 is 1.21 bits per heavy atom. The smallest absolute Gasteiger partial charge is 0.247 e. The number of carbonyl (C=O) groups excluding carboxylic acids is 1. The van der Waals surface area contributed by atoms with E-state index in [2.05, 4.69) is 10.2 Å². The van der Waals surface area contributed by atoms with Crippen LogP contribution in [0.4, 0.5) is 0 Å². The zero-order valence-corrected chi connectivity index (χ0v) is 8.25. The molecule has 0 spiro atoms. The van der Waals surface area contributed by atoms with Crippen molar-refractivity contribution in [2.45, 2.75) is 19.3 Å². The lowest BCUT2D eigenvalue weighted by Gasteiger charge is -2.38. The van der Waals surface area contributed by atoms with Gasteiger partial charge in [-0.05, 0) is 19.3 Å². The number of hydrogen-bond donors (Lipinski definition) is 1. The van der Waals surface area contributed by atoms with Crippen LogP contribution in [0, 0.1) is 0 Å². The molecule has 3 aliphatic heterocycles. The first kappa shape index (κ1) is 8.15. The van der Waals surface area contributed by atoms with Crippen molar-refractivity contribution < 1.29 is 4.79 Å². The number of nitrogens with zero attached hydrogens (tertiary/aromatic N) is 2. The number of rotatable bonds is 0. The van der Waals surface area contributed by atoms with Gasteiger partial charge in [0.2, 0.25) is 5.91 Å². The molecule has 3 rings (SSSR count). The molecule has 0 unspecified atom stereocenters. The van der Waals surface area contributed by atoms with E-state index in [0.29, 0.717) is 6.54 Å². The van der Waals surface area contributed by atoms with Crippen LogP contribution >= 0.6 is 0 Å². The molecule has 0 bridgehead atoms. The molecule has 14 heavy (non-hydrogen) atoms. The van der Waals surface area contributed by atoms with Crippen LogP contribution in [0.15, 0.2) is 11.5 Å². The molecule has 0 aromatic heterocycles. The van der Waals surface area contributed by atoms with Crippen molar-refractivity contribution in [2.75, 3.05) is 26.2 Å². The summed E-state index contributed by atoms with van der Waals surface area (Å²) in [4.78, 5) is 15.9. The summed E-state index contributed by atoms with van der Waals surface area (Å²) in [6.45, 7) is 3.42. The first-order valence-corrected chi connectivity index (χ1v) is 5.38. The highest BCUT2D eigenvalue weighted by Crippen LogP contribution is 2.29. The molecule has 0 atom stereocenters. The minimum Gasteiger partial charge on any atom is -0.368 e. The average Bonchev–Trinajstić information content (AvgIpc) is 2.67. The van der Waals surface area contributed by atoms with Gasteiger partial charge in [0.05, 0.1) is 12.2 Å². The highest BCUT2D eigenvalue weighted by Gasteiger charge is 2.35. The van der Waals surface area contributed by atoms with E-state index in [1.54, 1.807) is 0 Å². The van der Waals surface area contributed by atoms with Gasteiger partial charge < -0.3 is 10.2 Å². The molecule has 2 saturated heterocycles. The minimum atomic E-state index is 0.260. The normalized spacial score (nSPS) is 26.1. The Balaban J connectivity index is 2.00. The molecule has 2 fully saturated rings. The van der Waals surface area contributed by atoms with E-state index >= 15 is 0 Å². The van der Waals surface area contributed by atoms with Gasteiger partial charge in [-0.25, -0.2) is 0 Å². The Labute approximate surface area is 83.5 Å². The largest absolute Gasteiger partial charge is 0.368 e. The van der Waals surface area contributed by atoms with Gasteiger partial charge in [0.1, 0.15) is 5.82 Å². The predicted octanol–water partition coefficient (Wildman–Crippen LogP) is 0.0868. The van der Waals surface area contributed by atoms with Crippen LogP contribution in [0.3, 0.4) is 0 Å². The van der Waals surface area contributed by atoms with E-state index in [0.717, 1.165) is 31.9 Å². The third-order valence-electron chi connectivity index (χ3n) is 3.27. The number of nitrogens with one attached hydrogen (secondary N) is 1. The molecular formula is C10H15N3O. The Morgan fingerprint density at radius 3 is 3.07 bits per heavy atom. The van der Waals surface area contributed by atoms with Crippen molar-refractivity contribution in [1.82, 2.24) is 15.1 Å². The molecule has 3 aliphatic rings. The lowest BCUT2D eigenvalue weighted by Crippen LogP contribution is -2.47. The standard InChI is InChI=1S/C10H15N3O/c14-9-7-12-5-2-1-3-8(12)10-11-4-6-13(9)10/h11H,1-7H2. The summed E-state index contributed by atoms with van der Waals surface area (Å²) in [5, 5.41) is 3.33. The summed E-state index contributed by atoms with van der Waals surface area (Å²) < 4.78 is 0. The maximum Gasteiger partial charge on any atom is 0.247 e. The molecule has 0 aromatic carbocycles. The fraction of sp³-hybridized carbons (Fsp3) is 0.700. The van der Waals surface area contributed by atoms with Gasteiger partial charge in [0, 0.05) is 19.6 Å². The molecule has 4 nitrogen and oxygen atoms in total. The second-order valence-corrected chi connectivity index (χ2v) is 4.15. The lowest BCUT2D eigenvalue weighted by atomic mass is 10.1. The fourth-order valence-electron chi connectivity index (χ4n) is 2.58. The molecule has 0 saturated carbocycles. The highest BCUT2D eigenvalue weighted by atomic mass is 16.2. The second-order valence-electron chi connectivity index (χ2n) is 4.15. The van der Waals surface area contributed by atoms with E-state index in [1.165, 1.54) is 18.5 Å². The number of fused-ring (bicyclic) bond motifs is 2. The van der Waals surface area contributed by atoms with Crippen molar-refractivity contribution in [2.24, 2.45) is 0 Å². The number of piperidine rings is 1. The quantitative estimate of drug-likeness (QED) is 0.592. The summed E-state index contributed by atoms with van der Waals surface area (Å²) in [5.41, 5.74) is 1.37. The summed E-state index contributed by atoms with van der Waals surface area (Å²) in [6, 6.07) is 0. The molecule has 76 valence electrons.